The highest BCUT2D eigenvalue weighted by molar-refractivity contribution is 8.00. The summed E-state index contributed by atoms with van der Waals surface area (Å²) >= 11 is 1.31. The molecule has 0 radical (unpaired) electrons. The number of rotatable bonds is 5. The Bertz CT molecular complexity index is 905. The number of thioether (sulfide) groups is 1. The Morgan fingerprint density at radius 3 is 2.44 bits per heavy atom. The fourth-order valence-corrected chi connectivity index (χ4v) is 3.25. The van der Waals surface area contributed by atoms with Gasteiger partial charge in [-0.3, -0.25) is 9.36 Å². The monoisotopic (exact) mass is 352 g/mol. The average Bonchev–Trinajstić information content (AvgIpc) is 3.01. The van der Waals surface area contributed by atoms with E-state index in [-0.39, 0.29) is 5.91 Å². The van der Waals surface area contributed by atoms with E-state index < -0.39 is 5.25 Å². The minimum atomic E-state index is -0.391. The number of primary amides is 1. The molecule has 1 heterocycles. The minimum absolute atomic E-state index is 0.374. The predicted octanol–water partition coefficient (Wildman–Crippen LogP) is 3.52. The van der Waals surface area contributed by atoms with E-state index in [2.05, 4.69) is 36.2 Å². The first-order valence-electron chi connectivity index (χ1n) is 8.02. The highest BCUT2D eigenvalue weighted by Gasteiger charge is 2.20. The molecule has 1 aromatic heterocycles. The molecular weight excluding hydrogens is 332 g/mol. The molecule has 0 saturated carbocycles. The number of carbonyl (C=O) groups excluding carboxylic acids is 1. The van der Waals surface area contributed by atoms with Crippen molar-refractivity contribution in [2.45, 2.75) is 31.2 Å². The Morgan fingerprint density at radius 2 is 1.80 bits per heavy atom. The number of aromatic nitrogens is 3. The van der Waals surface area contributed by atoms with Crippen LogP contribution in [0.15, 0.2) is 53.7 Å². The third-order valence-electron chi connectivity index (χ3n) is 4.10. The van der Waals surface area contributed by atoms with Gasteiger partial charge in [-0.2, -0.15) is 0 Å². The SMILES string of the molecule is Cc1ccc(-n2c(S[C@@H](C)C(N)=O)nnc2-c2ccccc2)cc1C. The fourth-order valence-electron chi connectivity index (χ4n) is 2.43. The predicted molar refractivity (Wildman–Crippen MR) is 101 cm³/mol. The zero-order valence-corrected chi connectivity index (χ0v) is 15.2. The van der Waals surface area contributed by atoms with Crippen LogP contribution in [0.4, 0.5) is 0 Å². The summed E-state index contributed by atoms with van der Waals surface area (Å²) in [7, 11) is 0. The first-order chi connectivity index (χ1) is 12.0. The second-order valence-electron chi connectivity index (χ2n) is 5.94. The van der Waals surface area contributed by atoms with Gasteiger partial charge in [0.15, 0.2) is 11.0 Å². The van der Waals surface area contributed by atoms with Gasteiger partial charge in [0.05, 0.1) is 10.9 Å². The molecule has 0 unspecified atom stereocenters. The summed E-state index contributed by atoms with van der Waals surface area (Å²) in [4.78, 5) is 11.5. The summed E-state index contributed by atoms with van der Waals surface area (Å²) in [6, 6.07) is 16.1. The molecule has 1 atom stereocenters. The van der Waals surface area contributed by atoms with Gasteiger partial charge in [-0.1, -0.05) is 48.2 Å². The fraction of sp³-hybridized carbons (Fsp3) is 0.211. The van der Waals surface area contributed by atoms with Crippen LogP contribution in [0.5, 0.6) is 0 Å². The van der Waals surface area contributed by atoms with Crippen LogP contribution in [0.3, 0.4) is 0 Å². The van der Waals surface area contributed by atoms with Crippen molar-refractivity contribution in [2.75, 3.05) is 0 Å². The zero-order valence-electron chi connectivity index (χ0n) is 14.4. The van der Waals surface area contributed by atoms with Crippen molar-refractivity contribution in [1.29, 1.82) is 0 Å². The average molecular weight is 352 g/mol. The van der Waals surface area contributed by atoms with Crippen LogP contribution in [0.2, 0.25) is 0 Å². The Morgan fingerprint density at radius 1 is 1.08 bits per heavy atom. The topological polar surface area (TPSA) is 73.8 Å². The summed E-state index contributed by atoms with van der Waals surface area (Å²) < 4.78 is 1.98. The van der Waals surface area contributed by atoms with Gasteiger partial charge < -0.3 is 5.73 Å². The molecule has 128 valence electrons. The third kappa shape index (κ3) is 3.58. The highest BCUT2D eigenvalue weighted by atomic mass is 32.2. The summed E-state index contributed by atoms with van der Waals surface area (Å²) in [5.41, 5.74) is 9.75. The lowest BCUT2D eigenvalue weighted by Gasteiger charge is -2.13. The van der Waals surface area contributed by atoms with E-state index in [4.69, 9.17) is 5.73 Å². The van der Waals surface area contributed by atoms with E-state index >= 15 is 0 Å². The lowest BCUT2D eigenvalue weighted by Crippen LogP contribution is -2.23. The smallest absolute Gasteiger partial charge is 0.230 e. The van der Waals surface area contributed by atoms with E-state index in [1.165, 1.54) is 22.9 Å². The molecule has 1 amide bonds. The lowest BCUT2D eigenvalue weighted by atomic mass is 10.1. The molecule has 0 aliphatic carbocycles. The molecule has 2 aromatic carbocycles. The maximum absolute atomic E-state index is 11.5. The maximum Gasteiger partial charge on any atom is 0.230 e. The number of carbonyl (C=O) groups is 1. The number of benzene rings is 2. The number of nitrogens with zero attached hydrogens (tertiary/aromatic N) is 3. The summed E-state index contributed by atoms with van der Waals surface area (Å²) in [5, 5.41) is 8.93. The van der Waals surface area contributed by atoms with Crippen LogP contribution in [-0.2, 0) is 4.79 Å². The molecule has 0 aliphatic rings. The van der Waals surface area contributed by atoms with Crippen molar-refractivity contribution in [3.63, 3.8) is 0 Å². The van der Waals surface area contributed by atoms with E-state index in [0.29, 0.717) is 5.16 Å². The first kappa shape index (κ1) is 17.2. The van der Waals surface area contributed by atoms with Gasteiger partial charge in [-0.05, 0) is 44.0 Å². The van der Waals surface area contributed by atoms with Gasteiger partial charge in [0.1, 0.15) is 0 Å². The van der Waals surface area contributed by atoms with Crippen molar-refractivity contribution in [3.05, 3.63) is 59.7 Å². The van der Waals surface area contributed by atoms with Crippen LogP contribution >= 0.6 is 11.8 Å². The zero-order chi connectivity index (χ0) is 18.0. The normalized spacial score (nSPS) is 12.1. The molecule has 0 aliphatic heterocycles. The Balaban J connectivity index is 2.15. The number of nitrogens with two attached hydrogens (primary N) is 1. The van der Waals surface area contributed by atoms with Crippen LogP contribution in [0.1, 0.15) is 18.1 Å². The van der Waals surface area contributed by atoms with Crippen LogP contribution in [0, 0.1) is 13.8 Å². The molecule has 0 saturated heterocycles. The molecule has 5 nitrogen and oxygen atoms in total. The molecule has 3 rings (SSSR count). The second kappa shape index (κ2) is 7.11. The standard InChI is InChI=1S/C19H20N4OS/c1-12-9-10-16(11-13(12)2)23-18(15-7-5-4-6-8-15)21-22-19(23)25-14(3)17(20)24/h4-11,14H,1-3H3,(H2,20,24)/t14-/m0/s1. The second-order valence-corrected chi connectivity index (χ2v) is 7.25. The maximum atomic E-state index is 11.5. The molecule has 2 N–H and O–H groups in total. The quantitative estimate of drug-likeness (QED) is 0.713. The van der Waals surface area contributed by atoms with E-state index in [0.717, 1.165) is 17.1 Å². The molecule has 6 heteroatoms. The number of amides is 1. The van der Waals surface area contributed by atoms with E-state index in [1.54, 1.807) is 6.92 Å². The molecule has 0 spiro atoms. The Labute approximate surface area is 151 Å². The van der Waals surface area contributed by atoms with Gasteiger partial charge in [0, 0.05) is 5.56 Å². The third-order valence-corrected chi connectivity index (χ3v) is 5.16. The van der Waals surface area contributed by atoms with Gasteiger partial charge in [-0.15, -0.1) is 10.2 Å². The lowest BCUT2D eigenvalue weighted by molar-refractivity contribution is -0.117. The Kier molecular flexibility index (Phi) is 4.90. The van der Waals surface area contributed by atoms with Crippen molar-refractivity contribution < 1.29 is 4.79 Å². The van der Waals surface area contributed by atoms with Crippen molar-refractivity contribution in [3.8, 4) is 17.1 Å². The largest absolute Gasteiger partial charge is 0.369 e. The first-order valence-corrected chi connectivity index (χ1v) is 8.90. The highest BCUT2D eigenvalue weighted by Crippen LogP contribution is 2.30. The van der Waals surface area contributed by atoms with Gasteiger partial charge in [0.2, 0.25) is 5.91 Å². The minimum Gasteiger partial charge on any atom is -0.369 e. The molecular formula is C19H20N4OS. The number of aryl methyl sites for hydroxylation is 2. The van der Waals surface area contributed by atoms with E-state index in [9.17, 15) is 4.79 Å². The Hall–Kier alpha value is -2.60. The molecule has 25 heavy (non-hydrogen) atoms. The van der Waals surface area contributed by atoms with Crippen molar-refractivity contribution in [2.24, 2.45) is 5.73 Å². The summed E-state index contributed by atoms with van der Waals surface area (Å²) in [6.45, 7) is 5.92. The van der Waals surface area contributed by atoms with Crippen molar-refractivity contribution >= 4 is 17.7 Å². The number of hydrogen-bond acceptors (Lipinski definition) is 4. The van der Waals surface area contributed by atoms with Gasteiger partial charge in [0.25, 0.3) is 0 Å². The van der Waals surface area contributed by atoms with Gasteiger partial charge >= 0.3 is 0 Å². The number of hydrogen-bond donors (Lipinski definition) is 1. The van der Waals surface area contributed by atoms with Crippen molar-refractivity contribution in [1.82, 2.24) is 14.8 Å². The van der Waals surface area contributed by atoms with Crippen LogP contribution < -0.4 is 5.73 Å². The van der Waals surface area contributed by atoms with E-state index in [1.807, 2.05) is 41.0 Å². The molecule has 3 aromatic rings. The summed E-state index contributed by atoms with van der Waals surface area (Å²) in [5.74, 6) is 0.365. The van der Waals surface area contributed by atoms with Gasteiger partial charge in [-0.25, -0.2) is 0 Å². The molecule has 0 bridgehead atoms. The van der Waals surface area contributed by atoms with Crippen LogP contribution in [0.25, 0.3) is 17.1 Å². The van der Waals surface area contributed by atoms with Crippen LogP contribution in [-0.4, -0.2) is 25.9 Å². The summed E-state index contributed by atoms with van der Waals surface area (Å²) in [6.07, 6.45) is 0. The molecule has 0 fully saturated rings.